The number of hydrogen-bond acceptors (Lipinski definition) is 4. The van der Waals surface area contributed by atoms with Crippen LogP contribution >= 0.6 is 11.6 Å². The molecule has 5 rings (SSSR count). The summed E-state index contributed by atoms with van der Waals surface area (Å²) < 4.78 is 19.1. The molecule has 1 fully saturated rings. The smallest absolute Gasteiger partial charge is 0.408 e. The molecule has 4 aromatic rings. The number of amides is 1. The predicted octanol–water partition coefficient (Wildman–Crippen LogP) is 7.66. The second-order valence-electron chi connectivity index (χ2n) is 10.2. The number of halogens is 2. The molecule has 1 N–H and O–H groups in total. The highest BCUT2D eigenvalue weighted by molar-refractivity contribution is 6.34. The number of fused-ring (bicyclic) bond motifs is 1. The minimum atomic E-state index is -0.560. The van der Waals surface area contributed by atoms with Gasteiger partial charge in [0.05, 0.1) is 16.7 Å². The first-order valence-electron chi connectivity index (χ1n) is 12.0. The fraction of sp³-hybridized carbons (Fsp3) is 0.276. The molecule has 1 saturated carbocycles. The quantitative estimate of drug-likeness (QED) is 0.290. The average Bonchev–Trinajstić information content (AvgIpc) is 2.81. The number of ether oxygens (including phenoxy) is 1. The van der Waals surface area contributed by atoms with Gasteiger partial charge in [0.2, 0.25) is 0 Å². The van der Waals surface area contributed by atoms with Crippen LogP contribution in [0.25, 0.3) is 33.3 Å². The van der Waals surface area contributed by atoms with E-state index in [2.05, 4.69) is 10.3 Å². The molecular weight excluding hydrogens is 477 g/mol. The van der Waals surface area contributed by atoms with Gasteiger partial charge >= 0.3 is 6.09 Å². The van der Waals surface area contributed by atoms with E-state index < -0.39 is 17.2 Å². The predicted molar refractivity (Wildman–Crippen MR) is 140 cm³/mol. The Morgan fingerprint density at radius 1 is 1.03 bits per heavy atom. The number of pyridine rings is 2. The summed E-state index contributed by atoms with van der Waals surface area (Å²) in [4.78, 5) is 21.6. The van der Waals surface area contributed by atoms with E-state index in [0.29, 0.717) is 5.15 Å². The van der Waals surface area contributed by atoms with Crippen molar-refractivity contribution < 1.29 is 13.9 Å². The number of nitrogens with zero attached hydrogens (tertiary/aromatic N) is 2. The number of hydrogen-bond donors (Lipinski definition) is 1. The third-order valence-electron chi connectivity index (χ3n) is 6.51. The third kappa shape index (κ3) is 4.78. The van der Waals surface area contributed by atoms with Crippen molar-refractivity contribution >= 4 is 28.6 Å². The van der Waals surface area contributed by atoms with Gasteiger partial charge in [-0.1, -0.05) is 48.0 Å². The minimum Gasteiger partial charge on any atom is -0.444 e. The highest BCUT2D eigenvalue weighted by Gasteiger charge is 2.41. The van der Waals surface area contributed by atoms with Gasteiger partial charge in [-0.05, 0) is 75.4 Å². The van der Waals surface area contributed by atoms with E-state index in [4.69, 9.17) is 21.3 Å². The molecule has 0 atom stereocenters. The Balaban J connectivity index is 1.54. The zero-order valence-corrected chi connectivity index (χ0v) is 21.2. The summed E-state index contributed by atoms with van der Waals surface area (Å²) in [5, 5.41) is 4.20. The zero-order valence-electron chi connectivity index (χ0n) is 20.4. The van der Waals surface area contributed by atoms with E-state index >= 15 is 0 Å². The van der Waals surface area contributed by atoms with Crippen molar-refractivity contribution in [3.05, 3.63) is 83.4 Å². The maximum Gasteiger partial charge on any atom is 0.408 e. The molecule has 36 heavy (non-hydrogen) atoms. The number of alkyl carbamates (subject to hydrolysis) is 1. The molecule has 1 amide bonds. The third-order valence-corrected chi connectivity index (χ3v) is 6.81. The standard InChI is InChI=1S/C29H27ClFN3O2/c1-28(2,3)36-27(35)34-29(14-4-15-29)20-9-5-19(6-10-20)25-22(18-7-11-21(31)12-8-18)17-23-24(33-25)13-16-32-26(23)30/h5-13,16-17H,4,14-15H2,1-3H3,(H,34,35). The summed E-state index contributed by atoms with van der Waals surface area (Å²) in [6, 6.07) is 18.2. The van der Waals surface area contributed by atoms with E-state index in [1.54, 1.807) is 18.3 Å². The maximum absolute atomic E-state index is 13.6. The number of rotatable bonds is 4. The molecule has 0 unspecified atom stereocenters. The summed E-state index contributed by atoms with van der Waals surface area (Å²) in [6.45, 7) is 5.56. The number of benzene rings is 2. The van der Waals surface area contributed by atoms with Gasteiger partial charge in [0.25, 0.3) is 0 Å². The van der Waals surface area contributed by atoms with Gasteiger partial charge in [0.15, 0.2) is 0 Å². The molecule has 184 valence electrons. The van der Waals surface area contributed by atoms with Crippen molar-refractivity contribution in [1.29, 1.82) is 0 Å². The fourth-order valence-electron chi connectivity index (χ4n) is 4.59. The average molecular weight is 504 g/mol. The SMILES string of the molecule is CC(C)(C)OC(=O)NC1(c2ccc(-c3nc4ccnc(Cl)c4cc3-c3ccc(F)cc3)cc2)CCC1. The molecule has 1 aliphatic rings. The van der Waals surface area contributed by atoms with Gasteiger partial charge in [-0.2, -0.15) is 0 Å². The van der Waals surface area contributed by atoms with Gasteiger partial charge < -0.3 is 10.1 Å². The lowest BCUT2D eigenvalue weighted by Crippen LogP contribution is -2.52. The van der Waals surface area contributed by atoms with Crippen LogP contribution in [0.3, 0.4) is 0 Å². The van der Waals surface area contributed by atoms with E-state index in [0.717, 1.165) is 58.1 Å². The Labute approximate surface area is 214 Å². The van der Waals surface area contributed by atoms with Crippen LogP contribution in [0.2, 0.25) is 5.15 Å². The molecular formula is C29H27ClFN3O2. The van der Waals surface area contributed by atoms with Crippen molar-refractivity contribution in [1.82, 2.24) is 15.3 Å². The summed E-state index contributed by atoms with van der Waals surface area (Å²) in [6.07, 6.45) is 3.96. The molecule has 0 spiro atoms. The van der Waals surface area contributed by atoms with Crippen molar-refractivity contribution in [2.45, 2.75) is 51.2 Å². The normalized spacial score (nSPS) is 14.8. The van der Waals surface area contributed by atoms with Crippen LogP contribution in [-0.4, -0.2) is 21.7 Å². The number of nitrogens with one attached hydrogen (secondary N) is 1. The van der Waals surface area contributed by atoms with Gasteiger partial charge in [0.1, 0.15) is 16.6 Å². The molecule has 1 aliphatic carbocycles. The molecule has 0 aliphatic heterocycles. The molecule has 0 saturated heterocycles. The largest absolute Gasteiger partial charge is 0.444 e. The maximum atomic E-state index is 13.6. The van der Waals surface area contributed by atoms with Crippen LogP contribution in [0.15, 0.2) is 66.9 Å². The van der Waals surface area contributed by atoms with Crippen LogP contribution in [0.5, 0.6) is 0 Å². The number of aromatic nitrogens is 2. The molecule has 0 bridgehead atoms. The molecule has 0 radical (unpaired) electrons. The van der Waals surface area contributed by atoms with Crippen LogP contribution in [-0.2, 0) is 10.3 Å². The Morgan fingerprint density at radius 2 is 1.69 bits per heavy atom. The Bertz CT molecular complexity index is 1430. The van der Waals surface area contributed by atoms with E-state index in [1.165, 1.54) is 12.1 Å². The van der Waals surface area contributed by atoms with Gasteiger partial charge in [-0.3, -0.25) is 0 Å². The lowest BCUT2D eigenvalue weighted by Gasteiger charge is -2.43. The van der Waals surface area contributed by atoms with Gasteiger partial charge in [-0.25, -0.2) is 19.2 Å². The second kappa shape index (κ2) is 9.17. The van der Waals surface area contributed by atoms with Crippen molar-refractivity contribution in [2.75, 3.05) is 0 Å². The second-order valence-corrected chi connectivity index (χ2v) is 10.6. The monoisotopic (exact) mass is 503 g/mol. The van der Waals surface area contributed by atoms with Crippen LogP contribution < -0.4 is 5.32 Å². The molecule has 2 aromatic carbocycles. The number of carbonyl (C=O) groups is 1. The Kier molecular flexibility index (Phi) is 6.17. The fourth-order valence-corrected chi connectivity index (χ4v) is 4.80. The van der Waals surface area contributed by atoms with Crippen LogP contribution in [0.1, 0.15) is 45.6 Å². The summed E-state index contributed by atoms with van der Waals surface area (Å²) >= 11 is 6.36. The molecule has 2 aromatic heterocycles. The van der Waals surface area contributed by atoms with E-state index in [1.807, 2.05) is 57.2 Å². The first kappa shape index (κ1) is 24.2. The molecule has 7 heteroatoms. The summed E-state index contributed by atoms with van der Waals surface area (Å²) in [7, 11) is 0. The van der Waals surface area contributed by atoms with Crippen molar-refractivity contribution in [3.8, 4) is 22.4 Å². The van der Waals surface area contributed by atoms with Crippen molar-refractivity contribution in [3.63, 3.8) is 0 Å². The lowest BCUT2D eigenvalue weighted by atomic mass is 9.71. The van der Waals surface area contributed by atoms with E-state index in [-0.39, 0.29) is 5.82 Å². The van der Waals surface area contributed by atoms with E-state index in [9.17, 15) is 9.18 Å². The van der Waals surface area contributed by atoms with Crippen molar-refractivity contribution in [2.24, 2.45) is 0 Å². The topological polar surface area (TPSA) is 64.1 Å². The zero-order chi connectivity index (χ0) is 25.5. The van der Waals surface area contributed by atoms with Crippen LogP contribution in [0.4, 0.5) is 9.18 Å². The van der Waals surface area contributed by atoms with Gasteiger partial charge in [-0.15, -0.1) is 0 Å². The lowest BCUT2D eigenvalue weighted by molar-refractivity contribution is 0.0377. The van der Waals surface area contributed by atoms with Crippen LogP contribution in [0, 0.1) is 5.82 Å². The highest BCUT2D eigenvalue weighted by atomic mass is 35.5. The Hall–Kier alpha value is -3.51. The molecule has 2 heterocycles. The van der Waals surface area contributed by atoms with Gasteiger partial charge in [0, 0.05) is 22.7 Å². The Morgan fingerprint density at radius 3 is 2.31 bits per heavy atom. The minimum absolute atomic E-state index is 0.304. The highest BCUT2D eigenvalue weighted by Crippen LogP contribution is 2.43. The first-order chi connectivity index (χ1) is 17.1. The summed E-state index contributed by atoms with van der Waals surface area (Å²) in [5.74, 6) is -0.304. The number of carbonyl (C=O) groups excluding carboxylic acids is 1. The summed E-state index contributed by atoms with van der Waals surface area (Å²) in [5.41, 5.74) is 4.07. The molecule has 5 nitrogen and oxygen atoms in total. The first-order valence-corrected chi connectivity index (χ1v) is 12.3.